The van der Waals surface area contributed by atoms with Crippen molar-refractivity contribution >= 4 is 11.8 Å². The van der Waals surface area contributed by atoms with Crippen LogP contribution in [0.3, 0.4) is 0 Å². The predicted molar refractivity (Wildman–Crippen MR) is 82.0 cm³/mol. The minimum atomic E-state index is -0.594. The molecule has 0 saturated heterocycles. The van der Waals surface area contributed by atoms with Crippen molar-refractivity contribution in [2.45, 2.75) is 39.8 Å². The van der Waals surface area contributed by atoms with Crippen molar-refractivity contribution in [2.75, 3.05) is 13.1 Å². The number of carbonyl (C=O) groups is 2. The molecule has 0 heterocycles. The van der Waals surface area contributed by atoms with Crippen LogP contribution in [-0.2, 0) is 4.79 Å². The van der Waals surface area contributed by atoms with E-state index in [4.69, 9.17) is 0 Å². The largest absolute Gasteiger partial charge is 0.392 e. The molecule has 5 heteroatoms. The fourth-order valence-corrected chi connectivity index (χ4v) is 2.03. The second-order valence-corrected chi connectivity index (χ2v) is 5.54. The van der Waals surface area contributed by atoms with Crippen LogP contribution in [0.25, 0.3) is 0 Å². The molecule has 116 valence electrons. The van der Waals surface area contributed by atoms with Crippen LogP contribution >= 0.6 is 0 Å². The number of hydrogen-bond donors (Lipinski definition) is 2. The Morgan fingerprint density at radius 2 is 1.95 bits per heavy atom. The summed E-state index contributed by atoms with van der Waals surface area (Å²) in [5, 5.41) is 12.0. The van der Waals surface area contributed by atoms with E-state index in [1.165, 1.54) is 0 Å². The highest BCUT2D eigenvalue weighted by atomic mass is 16.3. The first-order chi connectivity index (χ1) is 9.81. The molecular formula is C16H24N2O3. The minimum absolute atomic E-state index is 0.0250. The fourth-order valence-electron chi connectivity index (χ4n) is 2.03. The Labute approximate surface area is 126 Å². The Morgan fingerprint density at radius 1 is 1.29 bits per heavy atom. The van der Waals surface area contributed by atoms with E-state index in [2.05, 4.69) is 5.32 Å². The second kappa shape index (κ2) is 7.78. The molecule has 0 spiro atoms. The fraction of sp³-hybridized carbons (Fsp3) is 0.500. The maximum Gasteiger partial charge on any atom is 0.251 e. The highest BCUT2D eigenvalue weighted by Crippen LogP contribution is 2.04. The first-order valence-corrected chi connectivity index (χ1v) is 7.13. The summed E-state index contributed by atoms with van der Waals surface area (Å²) < 4.78 is 0. The highest BCUT2D eigenvalue weighted by molar-refractivity contribution is 5.96. The average molecular weight is 292 g/mol. The number of nitrogens with zero attached hydrogens (tertiary/aromatic N) is 1. The van der Waals surface area contributed by atoms with Crippen molar-refractivity contribution in [3.05, 3.63) is 35.4 Å². The molecule has 1 aromatic carbocycles. The second-order valence-electron chi connectivity index (χ2n) is 5.54. The Hall–Kier alpha value is -1.88. The van der Waals surface area contributed by atoms with Gasteiger partial charge in [0.05, 0.1) is 12.6 Å². The summed E-state index contributed by atoms with van der Waals surface area (Å²) in [4.78, 5) is 25.7. The van der Waals surface area contributed by atoms with Gasteiger partial charge in [-0.1, -0.05) is 17.7 Å². The van der Waals surface area contributed by atoms with Crippen molar-refractivity contribution in [3.8, 4) is 0 Å². The monoisotopic (exact) mass is 292 g/mol. The summed E-state index contributed by atoms with van der Waals surface area (Å²) >= 11 is 0. The molecule has 2 N–H and O–H groups in total. The molecule has 1 rings (SSSR count). The molecule has 1 unspecified atom stereocenters. The first kappa shape index (κ1) is 17.2. The number of aryl methyl sites for hydroxylation is 1. The number of amides is 2. The zero-order valence-corrected chi connectivity index (χ0v) is 13.1. The van der Waals surface area contributed by atoms with Gasteiger partial charge in [-0.25, -0.2) is 0 Å². The molecule has 21 heavy (non-hydrogen) atoms. The number of rotatable bonds is 6. The number of hydrogen-bond acceptors (Lipinski definition) is 3. The zero-order valence-electron chi connectivity index (χ0n) is 13.1. The summed E-state index contributed by atoms with van der Waals surface area (Å²) in [6.07, 6.45) is -0.594. The molecule has 0 saturated carbocycles. The number of carbonyl (C=O) groups excluding carboxylic acids is 2. The quantitative estimate of drug-likeness (QED) is 0.831. The van der Waals surface area contributed by atoms with Gasteiger partial charge in [-0.05, 0) is 39.8 Å². The van der Waals surface area contributed by atoms with Gasteiger partial charge in [0.25, 0.3) is 5.91 Å². The molecule has 0 aliphatic heterocycles. The number of aliphatic hydroxyl groups excluding tert-OH is 1. The lowest BCUT2D eigenvalue weighted by molar-refractivity contribution is -0.133. The van der Waals surface area contributed by atoms with Crippen LogP contribution in [0, 0.1) is 6.92 Å². The molecule has 0 bridgehead atoms. The molecule has 0 aromatic heterocycles. The predicted octanol–water partition coefficient (Wildman–Crippen LogP) is 1.34. The highest BCUT2D eigenvalue weighted by Gasteiger charge is 2.19. The summed E-state index contributed by atoms with van der Waals surface area (Å²) in [5.41, 5.74) is 1.53. The van der Waals surface area contributed by atoms with E-state index in [-0.39, 0.29) is 30.9 Å². The number of aliphatic hydroxyl groups is 1. The summed E-state index contributed by atoms with van der Waals surface area (Å²) in [5.74, 6) is -0.472. The molecule has 1 aromatic rings. The smallest absolute Gasteiger partial charge is 0.251 e. The van der Waals surface area contributed by atoms with Crippen molar-refractivity contribution in [3.63, 3.8) is 0 Å². The van der Waals surface area contributed by atoms with Crippen LogP contribution in [-0.4, -0.2) is 47.1 Å². The van der Waals surface area contributed by atoms with E-state index in [1.807, 2.05) is 26.8 Å². The number of benzene rings is 1. The van der Waals surface area contributed by atoms with Crippen LogP contribution in [0.2, 0.25) is 0 Å². The third kappa shape index (κ3) is 5.55. The van der Waals surface area contributed by atoms with Gasteiger partial charge < -0.3 is 15.3 Å². The number of nitrogens with one attached hydrogen (secondary N) is 1. The Kier molecular flexibility index (Phi) is 6.37. The lowest BCUT2D eigenvalue weighted by atomic mass is 10.1. The van der Waals surface area contributed by atoms with E-state index in [0.29, 0.717) is 5.56 Å². The van der Waals surface area contributed by atoms with Crippen LogP contribution in [0.1, 0.15) is 36.7 Å². The van der Waals surface area contributed by atoms with Gasteiger partial charge in [-0.3, -0.25) is 9.59 Å². The van der Waals surface area contributed by atoms with Gasteiger partial charge in [-0.15, -0.1) is 0 Å². The van der Waals surface area contributed by atoms with Gasteiger partial charge >= 0.3 is 0 Å². The van der Waals surface area contributed by atoms with E-state index in [9.17, 15) is 14.7 Å². The zero-order chi connectivity index (χ0) is 16.0. The first-order valence-electron chi connectivity index (χ1n) is 7.13. The van der Waals surface area contributed by atoms with Gasteiger partial charge in [0.1, 0.15) is 0 Å². The van der Waals surface area contributed by atoms with E-state index in [1.54, 1.807) is 30.0 Å². The lowest BCUT2D eigenvalue weighted by Crippen LogP contribution is -2.46. The molecule has 0 aliphatic carbocycles. The maximum atomic E-state index is 12.1. The molecule has 0 aliphatic rings. The molecule has 0 fully saturated rings. The van der Waals surface area contributed by atoms with Gasteiger partial charge in [-0.2, -0.15) is 0 Å². The molecule has 5 nitrogen and oxygen atoms in total. The Morgan fingerprint density at radius 3 is 2.48 bits per heavy atom. The minimum Gasteiger partial charge on any atom is -0.392 e. The molecule has 0 radical (unpaired) electrons. The Bertz CT molecular complexity index is 498. The molecule has 1 atom stereocenters. The van der Waals surface area contributed by atoms with Gasteiger partial charge in [0, 0.05) is 18.2 Å². The lowest BCUT2D eigenvalue weighted by Gasteiger charge is -2.28. The average Bonchev–Trinajstić information content (AvgIpc) is 2.41. The standard InChI is InChI=1S/C16H24N2O3/c1-11(2)18(10-13(4)19)15(20)9-17-16(21)14-7-5-6-12(3)8-14/h5-8,11,13,19H,9-10H2,1-4H3,(H,17,21). The van der Waals surface area contributed by atoms with Gasteiger partial charge in [0.15, 0.2) is 0 Å². The third-order valence-corrected chi connectivity index (χ3v) is 3.09. The van der Waals surface area contributed by atoms with Crippen molar-refractivity contribution < 1.29 is 14.7 Å². The third-order valence-electron chi connectivity index (χ3n) is 3.09. The molecular weight excluding hydrogens is 268 g/mol. The summed E-state index contributed by atoms with van der Waals surface area (Å²) in [6, 6.07) is 7.17. The van der Waals surface area contributed by atoms with Gasteiger partial charge in [0.2, 0.25) is 5.91 Å². The van der Waals surface area contributed by atoms with Crippen molar-refractivity contribution in [2.24, 2.45) is 0 Å². The van der Waals surface area contributed by atoms with Crippen molar-refractivity contribution in [1.82, 2.24) is 10.2 Å². The summed E-state index contributed by atoms with van der Waals surface area (Å²) in [6.45, 7) is 7.48. The van der Waals surface area contributed by atoms with E-state index >= 15 is 0 Å². The SMILES string of the molecule is Cc1cccc(C(=O)NCC(=O)N(CC(C)O)C(C)C)c1. The van der Waals surface area contributed by atoms with Crippen LogP contribution in [0.15, 0.2) is 24.3 Å². The normalized spacial score (nSPS) is 12.1. The summed E-state index contributed by atoms with van der Waals surface area (Å²) in [7, 11) is 0. The Balaban J connectivity index is 2.60. The van der Waals surface area contributed by atoms with E-state index < -0.39 is 6.10 Å². The van der Waals surface area contributed by atoms with E-state index in [0.717, 1.165) is 5.56 Å². The maximum absolute atomic E-state index is 12.1. The van der Waals surface area contributed by atoms with Crippen molar-refractivity contribution in [1.29, 1.82) is 0 Å². The van der Waals surface area contributed by atoms with Crippen LogP contribution in [0.4, 0.5) is 0 Å². The van der Waals surface area contributed by atoms with Crippen LogP contribution in [0.5, 0.6) is 0 Å². The molecule has 2 amide bonds. The topological polar surface area (TPSA) is 69.6 Å². The van der Waals surface area contributed by atoms with Crippen LogP contribution < -0.4 is 5.32 Å².